The highest BCUT2D eigenvalue weighted by Gasteiger charge is 2.31. The first-order valence-corrected chi connectivity index (χ1v) is 9.40. The zero-order valence-corrected chi connectivity index (χ0v) is 14.9. The van der Waals surface area contributed by atoms with E-state index in [0.717, 1.165) is 18.5 Å². The number of carbonyl (C=O) groups excluding carboxylic acids is 2. The lowest BCUT2D eigenvalue weighted by molar-refractivity contribution is -0.136. The average Bonchev–Trinajstić information content (AvgIpc) is 3.39. The molecule has 0 N–H and O–H groups in total. The molecule has 0 bridgehead atoms. The summed E-state index contributed by atoms with van der Waals surface area (Å²) >= 11 is 0. The van der Waals surface area contributed by atoms with Crippen LogP contribution < -0.4 is 0 Å². The predicted octanol–water partition coefficient (Wildman–Crippen LogP) is 2.35. The molecule has 1 aliphatic heterocycles. The van der Waals surface area contributed by atoms with E-state index in [1.165, 1.54) is 12.8 Å². The van der Waals surface area contributed by atoms with E-state index in [1.807, 2.05) is 44.7 Å². The lowest BCUT2D eigenvalue weighted by Gasteiger charge is -2.36. The molecule has 6 heteroatoms. The van der Waals surface area contributed by atoms with Gasteiger partial charge in [0.1, 0.15) is 5.69 Å². The molecule has 26 heavy (non-hydrogen) atoms. The number of piperazine rings is 1. The van der Waals surface area contributed by atoms with Gasteiger partial charge in [-0.25, -0.2) is 4.98 Å². The summed E-state index contributed by atoms with van der Waals surface area (Å²) in [7, 11) is 0. The minimum Gasteiger partial charge on any atom is -0.339 e. The number of amides is 2. The van der Waals surface area contributed by atoms with E-state index < -0.39 is 0 Å². The molecule has 1 saturated heterocycles. The van der Waals surface area contributed by atoms with Gasteiger partial charge < -0.3 is 9.80 Å². The third-order valence-electron chi connectivity index (χ3n) is 5.47. The van der Waals surface area contributed by atoms with Gasteiger partial charge in [-0.1, -0.05) is 31.0 Å². The number of benzene rings is 1. The first kappa shape index (κ1) is 16.8. The van der Waals surface area contributed by atoms with Gasteiger partial charge in [0, 0.05) is 37.8 Å². The molecule has 136 valence electrons. The first-order valence-electron chi connectivity index (χ1n) is 9.40. The van der Waals surface area contributed by atoms with Crippen molar-refractivity contribution in [3.63, 3.8) is 0 Å². The minimum atomic E-state index is -0.0284. The quantitative estimate of drug-likeness (QED) is 0.852. The Morgan fingerprint density at radius 1 is 0.923 bits per heavy atom. The van der Waals surface area contributed by atoms with Crippen LogP contribution in [0.4, 0.5) is 0 Å². The maximum absolute atomic E-state index is 12.9. The number of nitrogens with zero attached hydrogens (tertiary/aromatic N) is 4. The molecule has 0 unspecified atom stereocenters. The number of carbonyl (C=O) groups is 2. The first-order chi connectivity index (χ1) is 12.7. The van der Waals surface area contributed by atoms with Crippen LogP contribution >= 0.6 is 0 Å². The molecule has 2 amide bonds. The van der Waals surface area contributed by atoms with Crippen molar-refractivity contribution in [3.8, 4) is 5.69 Å². The second-order valence-corrected chi connectivity index (χ2v) is 7.08. The molecule has 0 spiro atoms. The van der Waals surface area contributed by atoms with Gasteiger partial charge in [0.15, 0.2) is 0 Å². The lowest BCUT2D eigenvalue weighted by Crippen LogP contribution is -2.52. The van der Waals surface area contributed by atoms with Crippen molar-refractivity contribution in [1.82, 2.24) is 19.4 Å². The van der Waals surface area contributed by atoms with Crippen LogP contribution in [0, 0.1) is 5.92 Å². The van der Waals surface area contributed by atoms with Crippen molar-refractivity contribution in [1.29, 1.82) is 0 Å². The summed E-state index contributed by atoms with van der Waals surface area (Å²) in [5, 5.41) is 0. The van der Waals surface area contributed by atoms with Gasteiger partial charge in [0.2, 0.25) is 5.91 Å². The molecule has 1 aliphatic carbocycles. The van der Waals surface area contributed by atoms with E-state index in [1.54, 1.807) is 12.5 Å². The molecule has 2 fully saturated rings. The number of aromatic nitrogens is 2. The van der Waals surface area contributed by atoms with Crippen LogP contribution in [-0.4, -0.2) is 57.3 Å². The van der Waals surface area contributed by atoms with Crippen molar-refractivity contribution in [2.45, 2.75) is 25.7 Å². The van der Waals surface area contributed by atoms with Crippen LogP contribution in [0.15, 0.2) is 42.9 Å². The average molecular weight is 352 g/mol. The molecule has 0 atom stereocenters. The Hall–Kier alpha value is -2.63. The van der Waals surface area contributed by atoms with Gasteiger partial charge in [-0.2, -0.15) is 0 Å². The molecule has 2 heterocycles. The van der Waals surface area contributed by atoms with E-state index in [2.05, 4.69) is 4.98 Å². The lowest BCUT2D eigenvalue weighted by atomic mass is 10.1. The topological polar surface area (TPSA) is 58.4 Å². The summed E-state index contributed by atoms with van der Waals surface area (Å²) in [6.07, 6.45) is 7.66. The minimum absolute atomic E-state index is 0.0284. The molecule has 2 aromatic rings. The normalized spacial score (nSPS) is 18.3. The highest BCUT2D eigenvalue weighted by atomic mass is 16.2. The molecular formula is C20H24N4O2. The fourth-order valence-electron chi connectivity index (χ4n) is 3.97. The van der Waals surface area contributed by atoms with Crippen molar-refractivity contribution < 1.29 is 9.59 Å². The number of hydrogen-bond donors (Lipinski definition) is 0. The van der Waals surface area contributed by atoms with Crippen molar-refractivity contribution in [2.75, 3.05) is 26.2 Å². The summed E-state index contributed by atoms with van der Waals surface area (Å²) in [4.78, 5) is 33.4. The van der Waals surface area contributed by atoms with Gasteiger partial charge in [-0.3, -0.25) is 14.2 Å². The summed E-state index contributed by atoms with van der Waals surface area (Å²) in [5.74, 6) is 0.458. The number of imidazole rings is 1. The van der Waals surface area contributed by atoms with Gasteiger partial charge in [-0.05, 0) is 25.0 Å². The van der Waals surface area contributed by atoms with Crippen molar-refractivity contribution in [2.24, 2.45) is 5.92 Å². The highest BCUT2D eigenvalue weighted by Crippen LogP contribution is 2.27. The second kappa shape index (κ2) is 7.32. The Bertz CT molecular complexity index is 772. The van der Waals surface area contributed by atoms with Crippen LogP contribution in [0.2, 0.25) is 0 Å². The van der Waals surface area contributed by atoms with Gasteiger partial charge in [0.05, 0.1) is 12.5 Å². The third kappa shape index (κ3) is 3.23. The van der Waals surface area contributed by atoms with Crippen LogP contribution in [-0.2, 0) is 4.79 Å². The molecule has 1 aromatic carbocycles. The SMILES string of the molecule is O=C(c1cncn1-c1ccccc1)N1CCN(C(=O)C2CCCC2)CC1. The van der Waals surface area contributed by atoms with Gasteiger partial charge in [0.25, 0.3) is 5.91 Å². The zero-order chi connectivity index (χ0) is 17.9. The Morgan fingerprint density at radius 2 is 1.58 bits per heavy atom. The van der Waals surface area contributed by atoms with Crippen LogP contribution in [0.3, 0.4) is 0 Å². The zero-order valence-electron chi connectivity index (χ0n) is 14.9. The van der Waals surface area contributed by atoms with E-state index in [0.29, 0.717) is 31.9 Å². The molecular weight excluding hydrogens is 328 g/mol. The Labute approximate surface area is 153 Å². The number of para-hydroxylation sites is 1. The fourth-order valence-corrected chi connectivity index (χ4v) is 3.97. The van der Waals surface area contributed by atoms with Crippen molar-refractivity contribution in [3.05, 3.63) is 48.5 Å². The molecule has 0 radical (unpaired) electrons. The van der Waals surface area contributed by atoms with E-state index in [4.69, 9.17) is 0 Å². The van der Waals surface area contributed by atoms with Crippen LogP contribution in [0.25, 0.3) is 5.69 Å². The molecule has 1 aromatic heterocycles. The smallest absolute Gasteiger partial charge is 0.272 e. The number of hydrogen-bond acceptors (Lipinski definition) is 3. The molecule has 2 aliphatic rings. The maximum Gasteiger partial charge on any atom is 0.272 e. The summed E-state index contributed by atoms with van der Waals surface area (Å²) in [6.45, 7) is 2.41. The molecule has 4 rings (SSSR count). The van der Waals surface area contributed by atoms with E-state index >= 15 is 0 Å². The summed E-state index contributed by atoms with van der Waals surface area (Å²) in [6, 6.07) is 9.74. The Morgan fingerprint density at radius 3 is 2.27 bits per heavy atom. The maximum atomic E-state index is 12.9. The van der Waals surface area contributed by atoms with Gasteiger partial charge in [-0.15, -0.1) is 0 Å². The summed E-state index contributed by atoms with van der Waals surface area (Å²) in [5.41, 5.74) is 1.48. The highest BCUT2D eigenvalue weighted by molar-refractivity contribution is 5.93. The Balaban J connectivity index is 1.42. The van der Waals surface area contributed by atoms with Crippen LogP contribution in [0.5, 0.6) is 0 Å². The van der Waals surface area contributed by atoms with Crippen LogP contribution in [0.1, 0.15) is 36.2 Å². The standard InChI is InChI=1S/C20H24N4O2/c25-19(16-6-4-5-7-16)22-10-12-23(13-11-22)20(26)18-14-21-15-24(18)17-8-2-1-3-9-17/h1-3,8-9,14-16H,4-7,10-13H2. The molecule has 6 nitrogen and oxygen atoms in total. The molecule has 1 saturated carbocycles. The predicted molar refractivity (Wildman–Crippen MR) is 98.0 cm³/mol. The van der Waals surface area contributed by atoms with Crippen molar-refractivity contribution >= 4 is 11.8 Å². The van der Waals surface area contributed by atoms with E-state index in [9.17, 15) is 9.59 Å². The largest absolute Gasteiger partial charge is 0.339 e. The van der Waals surface area contributed by atoms with Gasteiger partial charge >= 0.3 is 0 Å². The number of rotatable bonds is 3. The summed E-state index contributed by atoms with van der Waals surface area (Å²) < 4.78 is 1.82. The second-order valence-electron chi connectivity index (χ2n) is 7.08. The Kier molecular flexibility index (Phi) is 4.73. The fraction of sp³-hybridized carbons (Fsp3) is 0.450. The monoisotopic (exact) mass is 352 g/mol. The van der Waals surface area contributed by atoms with E-state index in [-0.39, 0.29) is 17.7 Å². The third-order valence-corrected chi connectivity index (χ3v) is 5.47.